The van der Waals surface area contributed by atoms with Crippen molar-refractivity contribution in [3.05, 3.63) is 53.6 Å². The number of hydrogen-bond donors (Lipinski definition) is 2. The van der Waals surface area contributed by atoms with E-state index < -0.39 is 5.82 Å². The van der Waals surface area contributed by atoms with E-state index in [0.29, 0.717) is 35.5 Å². The fourth-order valence-electron chi connectivity index (χ4n) is 2.57. The lowest BCUT2D eigenvalue weighted by Crippen LogP contribution is -2.30. The zero-order valence-electron chi connectivity index (χ0n) is 13.5. The molecule has 8 heteroatoms. The number of halogens is 1. The zero-order valence-corrected chi connectivity index (χ0v) is 13.5. The molecule has 2 N–H and O–H groups in total. The van der Waals surface area contributed by atoms with Crippen LogP contribution in [-0.4, -0.2) is 40.3 Å². The maximum absolute atomic E-state index is 14.5. The lowest BCUT2D eigenvalue weighted by atomic mass is 10.0. The third kappa shape index (κ3) is 3.85. The van der Waals surface area contributed by atoms with Crippen LogP contribution in [0.2, 0.25) is 0 Å². The second-order valence-electron chi connectivity index (χ2n) is 5.67. The van der Waals surface area contributed by atoms with Gasteiger partial charge in [0.15, 0.2) is 0 Å². The number of aromatic nitrogens is 1. The Morgan fingerprint density at radius 3 is 3.12 bits per heavy atom. The van der Waals surface area contributed by atoms with Crippen molar-refractivity contribution in [3.63, 3.8) is 0 Å². The number of rotatable bonds is 5. The Morgan fingerprint density at radius 1 is 1.56 bits per heavy atom. The summed E-state index contributed by atoms with van der Waals surface area (Å²) >= 11 is 0. The highest BCUT2D eigenvalue weighted by atomic mass is 19.1. The highest BCUT2D eigenvalue weighted by Crippen LogP contribution is 2.21. The molecule has 0 saturated carbocycles. The van der Waals surface area contributed by atoms with Gasteiger partial charge in [0, 0.05) is 36.9 Å². The minimum atomic E-state index is -0.409. The summed E-state index contributed by atoms with van der Waals surface area (Å²) in [6.07, 6.45) is 4.85. The van der Waals surface area contributed by atoms with Gasteiger partial charge >= 0.3 is 0 Å². The van der Waals surface area contributed by atoms with Gasteiger partial charge in [-0.15, -0.1) is 0 Å². The molecule has 25 heavy (non-hydrogen) atoms. The van der Waals surface area contributed by atoms with Gasteiger partial charge in [-0.1, -0.05) is 16.4 Å². The van der Waals surface area contributed by atoms with Gasteiger partial charge in [-0.05, 0) is 18.2 Å². The summed E-state index contributed by atoms with van der Waals surface area (Å²) in [7, 11) is 0. The molecule has 1 aliphatic rings. The lowest BCUT2D eigenvalue weighted by molar-refractivity contribution is -0.119. The summed E-state index contributed by atoms with van der Waals surface area (Å²) in [4.78, 5) is 16.2. The van der Waals surface area contributed by atoms with Crippen LogP contribution in [0.4, 0.5) is 4.39 Å². The summed E-state index contributed by atoms with van der Waals surface area (Å²) in [5.74, 6) is -0.543. The Kier molecular flexibility index (Phi) is 4.78. The molecule has 0 unspecified atom stereocenters. The van der Waals surface area contributed by atoms with Crippen molar-refractivity contribution >= 4 is 17.8 Å². The van der Waals surface area contributed by atoms with E-state index in [0.717, 1.165) is 0 Å². The van der Waals surface area contributed by atoms with Crippen molar-refractivity contribution in [3.8, 4) is 5.69 Å². The SMILES string of the molecule is CC(=O)NC[C@H]1CC(c2ccc(-n3ccc(/C=N/O)c3)c(F)c2)=NO1. The van der Waals surface area contributed by atoms with Gasteiger partial charge in [0.1, 0.15) is 11.9 Å². The average molecular weight is 344 g/mol. The third-order valence-electron chi connectivity index (χ3n) is 3.79. The number of amides is 1. The molecule has 7 nitrogen and oxygen atoms in total. The molecule has 1 aromatic carbocycles. The molecule has 0 radical (unpaired) electrons. The first-order valence-electron chi connectivity index (χ1n) is 7.69. The van der Waals surface area contributed by atoms with Crippen molar-refractivity contribution in [2.45, 2.75) is 19.4 Å². The molecule has 0 aliphatic carbocycles. The van der Waals surface area contributed by atoms with Gasteiger partial charge in [0.25, 0.3) is 0 Å². The second kappa shape index (κ2) is 7.16. The highest BCUT2D eigenvalue weighted by Gasteiger charge is 2.23. The molecule has 0 bridgehead atoms. The molecule has 1 aliphatic heterocycles. The first-order valence-corrected chi connectivity index (χ1v) is 7.69. The van der Waals surface area contributed by atoms with Gasteiger partial charge in [-0.3, -0.25) is 4.79 Å². The Bertz CT molecular complexity index is 844. The van der Waals surface area contributed by atoms with Crippen LogP contribution >= 0.6 is 0 Å². The van der Waals surface area contributed by atoms with Gasteiger partial charge in [0.05, 0.1) is 24.2 Å². The van der Waals surface area contributed by atoms with Gasteiger partial charge < -0.3 is 19.9 Å². The molecule has 2 heterocycles. The predicted octanol–water partition coefficient (Wildman–Crippen LogP) is 2.05. The van der Waals surface area contributed by atoms with Gasteiger partial charge in [0.2, 0.25) is 5.91 Å². The molecule has 0 saturated heterocycles. The summed E-state index contributed by atoms with van der Waals surface area (Å²) in [5.41, 5.74) is 2.30. The van der Waals surface area contributed by atoms with Crippen LogP contribution in [0.15, 0.2) is 47.0 Å². The van der Waals surface area contributed by atoms with E-state index in [4.69, 9.17) is 10.0 Å². The summed E-state index contributed by atoms with van der Waals surface area (Å²) in [6.45, 7) is 1.80. The fourth-order valence-corrected chi connectivity index (χ4v) is 2.57. The van der Waals surface area contributed by atoms with Crippen molar-refractivity contribution in [1.29, 1.82) is 0 Å². The molecule has 2 aromatic rings. The van der Waals surface area contributed by atoms with E-state index in [-0.39, 0.29) is 12.0 Å². The van der Waals surface area contributed by atoms with Crippen LogP contribution in [0.25, 0.3) is 5.69 Å². The normalized spacial score (nSPS) is 16.7. The summed E-state index contributed by atoms with van der Waals surface area (Å²) in [5, 5.41) is 18.1. The van der Waals surface area contributed by atoms with Crippen LogP contribution < -0.4 is 5.32 Å². The number of benzene rings is 1. The fraction of sp³-hybridized carbons (Fsp3) is 0.235. The molecular weight excluding hydrogens is 327 g/mol. The Labute approximate surface area is 143 Å². The first kappa shape index (κ1) is 16.7. The molecular formula is C17H17FN4O3. The summed E-state index contributed by atoms with van der Waals surface area (Å²) in [6, 6.07) is 6.52. The van der Waals surface area contributed by atoms with Crippen molar-refractivity contribution in [2.24, 2.45) is 10.3 Å². The van der Waals surface area contributed by atoms with E-state index in [9.17, 15) is 9.18 Å². The highest BCUT2D eigenvalue weighted by molar-refractivity contribution is 6.01. The number of hydrogen-bond acceptors (Lipinski definition) is 5. The largest absolute Gasteiger partial charge is 0.411 e. The number of nitrogens with one attached hydrogen (secondary N) is 1. The Morgan fingerprint density at radius 2 is 2.40 bits per heavy atom. The molecule has 1 aromatic heterocycles. The number of carbonyl (C=O) groups is 1. The molecule has 1 amide bonds. The molecule has 3 rings (SSSR count). The minimum Gasteiger partial charge on any atom is -0.411 e. The van der Waals surface area contributed by atoms with Crippen LogP contribution in [0.5, 0.6) is 0 Å². The van der Waals surface area contributed by atoms with Crippen LogP contribution in [-0.2, 0) is 9.63 Å². The van der Waals surface area contributed by atoms with Crippen molar-refractivity contribution in [2.75, 3.05) is 6.54 Å². The van der Waals surface area contributed by atoms with Crippen molar-refractivity contribution in [1.82, 2.24) is 9.88 Å². The molecule has 0 spiro atoms. The van der Waals surface area contributed by atoms with Crippen LogP contribution in [0.1, 0.15) is 24.5 Å². The quantitative estimate of drug-likeness (QED) is 0.494. The molecule has 0 fully saturated rings. The third-order valence-corrected chi connectivity index (χ3v) is 3.79. The average Bonchev–Trinajstić information content (AvgIpc) is 3.22. The van der Waals surface area contributed by atoms with E-state index in [1.54, 1.807) is 35.2 Å². The zero-order chi connectivity index (χ0) is 17.8. The predicted molar refractivity (Wildman–Crippen MR) is 89.8 cm³/mol. The number of oxime groups is 2. The van der Waals surface area contributed by atoms with Crippen LogP contribution in [0.3, 0.4) is 0 Å². The van der Waals surface area contributed by atoms with Gasteiger partial charge in [-0.2, -0.15) is 0 Å². The monoisotopic (exact) mass is 344 g/mol. The smallest absolute Gasteiger partial charge is 0.217 e. The van der Waals surface area contributed by atoms with E-state index >= 15 is 0 Å². The van der Waals surface area contributed by atoms with E-state index in [2.05, 4.69) is 15.6 Å². The first-order chi connectivity index (χ1) is 12.1. The second-order valence-corrected chi connectivity index (χ2v) is 5.67. The van der Waals surface area contributed by atoms with Gasteiger partial charge in [-0.25, -0.2) is 4.39 Å². The number of nitrogens with zero attached hydrogens (tertiary/aromatic N) is 3. The van der Waals surface area contributed by atoms with Crippen molar-refractivity contribution < 1.29 is 19.2 Å². The minimum absolute atomic E-state index is 0.134. The Balaban J connectivity index is 1.73. The standard InChI is InChI=1S/C17H17FN4O3/c1-11(23)19-9-14-7-16(21-25-14)13-2-3-17(15(18)6-13)22-5-4-12(10-22)8-20-24/h2-6,8,10,14,24H,7,9H2,1H3,(H,19,23)/b20-8+/t14-/m1/s1. The van der Waals surface area contributed by atoms with E-state index in [1.165, 1.54) is 19.2 Å². The maximum atomic E-state index is 14.5. The Hall–Kier alpha value is -3.16. The topological polar surface area (TPSA) is 88.2 Å². The maximum Gasteiger partial charge on any atom is 0.217 e. The molecule has 130 valence electrons. The number of carbonyl (C=O) groups excluding carboxylic acids is 1. The molecule has 1 atom stereocenters. The lowest BCUT2D eigenvalue weighted by Gasteiger charge is -2.08. The van der Waals surface area contributed by atoms with E-state index in [1.807, 2.05) is 0 Å². The summed E-state index contributed by atoms with van der Waals surface area (Å²) < 4.78 is 16.1. The van der Waals surface area contributed by atoms with Crippen LogP contribution in [0, 0.1) is 5.82 Å².